The second kappa shape index (κ2) is 8.45. The highest BCUT2D eigenvalue weighted by atomic mass is 19.3. The molecule has 0 saturated heterocycles. The fraction of sp³-hybridized carbons (Fsp3) is 0.261. The highest BCUT2D eigenvalue weighted by Crippen LogP contribution is 2.43. The molecule has 31 heavy (non-hydrogen) atoms. The van der Waals surface area contributed by atoms with E-state index in [0.29, 0.717) is 23.4 Å². The van der Waals surface area contributed by atoms with Crippen molar-refractivity contribution in [1.29, 1.82) is 5.41 Å². The summed E-state index contributed by atoms with van der Waals surface area (Å²) in [5.74, 6) is -2.38. The van der Waals surface area contributed by atoms with Crippen molar-refractivity contribution in [2.75, 3.05) is 5.32 Å². The van der Waals surface area contributed by atoms with Gasteiger partial charge in [-0.1, -0.05) is 24.3 Å². The molecular weight excluding hydrogens is 408 g/mol. The van der Waals surface area contributed by atoms with Crippen molar-refractivity contribution in [3.05, 3.63) is 71.5 Å². The molecule has 8 heteroatoms. The molecule has 160 valence electrons. The summed E-state index contributed by atoms with van der Waals surface area (Å²) < 4.78 is 52.1. The van der Waals surface area contributed by atoms with Gasteiger partial charge in [0, 0.05) is 41.6 Å². The summed E-state index contributed by atoms with van der Waals surface area (Å²) in [6, 6.07) is 15.1. The van der Waals surface area contributed by atoms with E-state index in [-0.39, 0.29) is 30.3 Å². The summed E-state index contributed by atoms with van der Waals surface area (Å²) in [5.41, 5.74) is 2.90. The van der Waals surface area contributed by atoms with E-state index in [1.165, 1.54) is 12.1 Å². The maximum atomic E-state index is 13.1. The van der Waals surface area contributed by atoms with E-state index < -0.39 is 12.3 Å². The summed E-state index contributed by atoms with van der Waals surface area (Å²) in [7, 11) is 0. The van der Waals surface area contributed by atoms with Crippen LogP contribution in [0, 0.1) is 11.3 Å². The fourth-order valence-corrected chi connectivity index (χ4v) is 3.71. The van der Waals surface area contributed by atoms with Crippen molar-refractivity contribution in [2.24, 2.45) is 5.92 Å². The lowest BCUT2D eigenvalue weighted by Crippen LogP contribution is -2.36. The second-order valence-electron chi connectivity index (χ2n) is 7.67. The standard InChI is InChI=1S/C23H20F4N4/c24-22(25)19-5-2-6-21(30-19)31-20-10-15(7-8-16(20)13-28)18-4-1-3-17(29-18)9-14-11-23(26,27)12-14/h1-8,10,13-14,22,28H,9,11-12H2,(H,30,31). The molecule has 1 aliphatic rings. The van der Waals surface area contributed by atoms with Crippen LogP contribution >= 0.6 is 0 Å². The van der Waals surface area contributed by atoms with Crippen LogP contribution < -0.4 is 5.32 Å². The van der Waals surface area contributed by atoms with Crippen molar-refractivity contribution in [2.45, 2.75) is 31.6 Å². The highest BCUT2D eigenvalue weighted by molar-refractivity contribution is 5.89. The Bertz CT molecular complexity index is 1090. The molecule has 1 aromatic carbocycles. The third-order valence-electron chi connectivity index (χ3n) is 5.24. The van der Waals surface area contributed by atoms with Crippen LogP contribution in [0.2, 0.25) is 0 Å². The first-order valence-electron chi connectivity index (χ1n) is 9.84. The van der Waals surface area contributed by atoms with Crippen LogP contribution in [0.5, 0.6) is 0 Å². The maximum absolute atomic E-state index is 13.1. The first-order chi connectivity index (χ1) is 14.8. The number of hydrogen-bond acceptors (Lipinski definition) is 4. The average Bonchev–Trinajstić information content (AvgIpc) is 2.73. The van der Waals surface area contributed by atoms with Gasteiger partial charge in [-0.15, -0.1) is 0 Å². The number of nitrogens with zero attached hydrogens (tertiary/aromatic N) is 2. The van der Waals surface area contributed by atoms with Gasteiger partial charge in [0.2, 0.25) is 5.92 Å². The number of nitrogens with one attached hydrogen (secondary N) is 2. The first kappa shape index (κ1) is 21.0. The Balaban J connectivity index is 1.58. The van der Waals surface area contributed by atoms with Gasteiger partial charge in [-0.25, -0.2) is 22.5 Å². The Morgan fingerprint density at radius 3 is 2.55 bits per heavy atom. The van der Waals surface area contributed by atoms with Gasteiger partial charge in [0.15, 0.2) is 0 Å². The minimum atomic E-state index is -2.68. The number of alkyl halides is 4. The zero-order valence-corrected chi connectivity index (χ0v) is 16.5. The molecule has 1 aliphatic carbocycles. The largest absolute Gasteiger partial charge is 0.340 e. The quantitative estimate of drug-likeness (QED) is 0.338. The van der Waals surface area contributed by atoms with E-state index in [4.69, 9.17) is 5.41 Å². The van der Waals surface area contributed by atoms with E-state index in [1.54, 1.807) is 24.3 Å². The smallest absolute Gasteiger partial charge is 0.280 e. The average molecular weight is 428 g/mol. The number of anilines is 2. The lowest BCUT2D eigenvalue weighted by molar-refractivity contribution is -0.109. The van der Waals surface area contributed by atoms with E-state index in [2.05, 4.69) is 15.3 Å². The minimum absolute atomic E-state index is 0.0662. The lowest BCUT2D eigenvalue weighted by atomic mass is 9.78. The third-order valence-corrected chi connectivity index (χ3v) is 5.24. The molecule has 4 nitrogen and oxygen atoms in total. The van der Waals surface area contributed by atoms with Crippen LogP contribution in [0.3, 0.4) is 0 Å². The molecule has 0 bridgehead atoms. The van der Waals surface area contributed by atoms with E-state index >= 15 is 0 Å². The number of hydrogen-bond donors (Lipinski definition) is 2. The molecule has 0 spiro atoms. The fourth-order valence-electron chi connectivity index (χ4n) is 3.71. The van der Waals surface area contributed by atoms with Gasteiger partial charge < -0.3 is 10.7 Å². The van der Waals surface area contributed by atoms with Crippen molar-refractivity contribution in [1.82, 2.24) is 9.97 Å². The Kier molecular flexibility index (Phi) is 5.71. The summed E-state index contributed by atoms with van der Waals surface area (Å²) in [6.07, 6.45) is -1.24. The summed E-state index contributed by atoms with van der Waals surface area (Å²) in [6.45, 7) is 0. The normalized spacial score (nSPS) is 15.5. The molecular formula is C23H20F4N4. The second-order valence-corrected chi connectivity index (χ2v) is 7.67. The Hall–Kier alpha value is -3.29. The van der Waals surface area contributed by atoms with E-state index in [1.807, 2.05) is 18.2 Å². The monoisotopic (exact) mass is 428 g/mol. The minimum Gasteiger partial charge on any atom is -0.340 e. The predicted molar refractivity (Wildman–Crippen MR) is 111 cm³/mol. The topological polar surface area (TPSA) is 61.7 Å². The van der Waals surface area contributed by atoms with Crippen molar-refractivity contribution >= 4 is 17.7 Å². The third kappa shape index (κ3) is 4.90. The summed E-state index contributed by atoms with van der Waals surface area (Å²) in [5, 5.41) is 10.6. The molecule has 1 fully saturated rings. The molecule has 2 heterocycles. The summed E-state index contributed by atoms with van der Waals surface area (Å²) >= 11 is 0. The Morgan fingerprint density at radius 2 is 1.84 bits per heavy atom. The maximum Gasteiger partial charge on any atom is 0.280 e. The molecule has 1 saturated carbocycles. The van der Waals surface area contributed by atoms with Gasteiger partial charge in [-0.2, -0.15) is 0 Å². The molecule has 0 amide bonds. The molecule has 4 rings (SSSR count). The van der Waals surface area contributed by atoms with Gasteiger partial charge in [-0.3, -0.25) is 4.98 Å². The van der Waals surface area contributed by atoms with Crippen LogP contribution in [0.25, 0.3) is 11.3 Å². The van der Waals surface area contributed by atoms with Gasteiger partial charge in [0.25, 0.3) is 6.43 Å². The predicted octanol–water partition coefficient (Wildman–Crippen LogP) is 6.41. The lowest BCUT2D eigenvalue weighted by Gasteiger charge is -2.34. The van der Waals surface area contributed by atoms with Gasteiger partial charge in [0.05, 0.1) is 5.69 Å². The molecule has 2 N–H and O–H groups in total. The molecule has 0 atom stereocenters. The van der Waals surface area contributed by atoms with Crippen LogP contribution in [-0.2, 0) is 6.42 Å². The highest BCUT2D eigenvalue weighted by Gasteiger charge is 2.45. The van der Waals surface area contributed by atoms with Gasteiger partial charge in [-0.05, 0) is 42.7 Å². The Morgan fingerprint density at radius 1 is 1.06 bits per heavy atom. The number of halogens is 4. The van der Waals surface area contributed by atoms with Crippen molar-refractivity contribution < 1.29 is 17.6 Å². The van der Waals surface area contributed by atoms with Crippen LogP contribution in [0.15, 0.2) is 54.6 Å². The molecule has 0 aliphatic heterocycles. The Labute approximate surface area is 176 Å². The van der Waals surface area contributed by atoms with Crippen LogP contribution in [0.4, 0.5) is 29.1 Å². The summed E-state index contributed by atoms with van der Waals surface area (Å²) in [4.78, 5) is 8.52. The van der Waals surface area contributed by atoms with Crippen LogP contribution in [-0.4, -0.2) is 22.1 Å². The van der Waals surface area contributed by atoms with Crippen molar-refractivity contribution in [3.63, 3.8) is 0 Å². The SMILES string of the molecule is N=Cc1ccc(-c2cccc(CC3CC(F)(F)C3)n2)cc1Nc1cccc(C(F)F)n1. The number of benzene rings is 1. The van der Waals surface area contributed by atoms with Gasteiger partial charge >= 0.3 is 0 Å². The van der Waals surface area contributed by atoms with Gasteiger partial charge in [0.1, 0.15) is 11.5 Å². The first-order valence-corrected chi connectivity index (χ1v) is 9.84. The molecule has 2 aromatic heterocycles. The van der Waals surface area contributed by atoms with Crippen LogP contribution in [0.1, 0.15) is 36.2 Å². The number of aromatic nitrogens is 2. The molecule has 0 radical (unpaired) electrons. The zero-order valence-electron chi connectivity index (χ0n) is 16.5. The van der Waals surface area contributed by atoms with Crippen molar-refractivity contribution in [3.8, 4) is 11.3 Å². The molecule has 3 aromatic rings. The number of rotatable bonds is 7. The number of pyridine rings is 2. The molecule has 0 unspecified atom stereocenters. The zero-order chi connectivity index (χ0) is 22.0. The van der Waals surface area contributed by atoms with E-state index in [9.17, 15) is 17.6 Å². The van der Waals surface area contributed by atoms with E-state index in [0.717, 1.165) is 17.5 Å².